The van der Waals surface area contributed by atoms with Gasteiger partial charge in [-0.25, -0.2) is 0 Å². The Kier molecular flexibility index (Phi) is 5.82. The first kappa shape index (κ1) is 24.4. The van der Waals surface area contributed by atoms with E-state index >= 15 is 0 Å². The van der Waals surface area contributed by atoms with Crippen molar-refractivity contribution in [3.05, 3.63) is 0 Å². The van der Waals surface area contributed by atoms with E-state index in [-0.39, 0.29) is 17.6 Å². The van der Waals surface area contributed by atoms with Crippen molar-refractivity contribution in [1.82, 2.24) is 0 Å². The fourth-order valence-electron chi connectivity index (χ4n) is 4.75. The SMILES string of the molecule is CC1(C)O[C@H]2[C@@H](OS(=O)(=O)C(F)(F)F)C[C@@]3(CCC[C@H]3O[Si](C)(C)C(C)(C)C)[C@H]2O1. The topological polar surface area (TPSA) is 71.1 Å². The van der Waals surface area contributed by atoms with E-state index in [1.165, 1.54) is 0 Å². The maximum atomic E-state index is 13.0. The van der Waals surface area contributed by atoms with Crippen LogP contribution in [0.4, 0.5) is 13.2 Å². The zero-order valence-electron chi connectivity index (χ0n) is 18.6. The number of halogens is 3. The summed E-state index contributed by atoms with van der Waals surface area (Å²) in [6.45, 7) is 14.0. The van der Waals surface area contributed by atoms with Crippen molar-refractivity contribution in [2.45, 2.75) is 114 Å². The van der Waals surface area contributed by atoms with E-state index in [4.69, 9.17) is 18.1 Å². The van der Waals surface area contributed by atoms with E-state index in [1.807, 2.05) is 0 Å². The molecule has 0 aromatic carbocycles. The molecule has 0 aromatic heterocycles. The zero-order chi connectivity index (χ0) is 23.0. The van der Waals surface area contributed by atoms with Gasteiger partial charge in [-0.05, 0) is 51.2 Å². The summed E-state index contributed by atoms with van der Waals surface area (Å²) in [5.74, 6) is -1.05. The first-order valence-electron chi connectivity index (χ1n) is 10.3. The van der Waals surface area contributed by atoms with E-state index in [2.05, 4.69) is 33.9 Å². The summed E-state index contributed by atoms with van der Waals surface area (Å²) in [4.78, 5) is 0. The highest BCUT2D eigenvalue weighted by Gasteiger charge is 2.68. The van der Waals surface area contributed by atoms with Crippen LogP contribution in [0.2, 0.25) is 18.1 Å². The summed E-state index contributed by atoms with van der Waals surface area (Å²) in [5.41, 5.74) is -6.13. The Bertz CT molecular complexity index is 776. The van der Waals surface area contributed by atoms with Crippen molar-refractivity contribution < 1.29 is 39.7 Å². The second-order valence-corrected chi connectivity index (χ2v) is 17.1. The van der Waals surface area contributed by atoms with Gasteiger partial charge in [-0.1, -0.05) is 27.2 Å². The molecule has 5 atom stereocenters. The minimum absolute atomic E-state index is 0.0450. The van der Waals surface area contributed by atoms with Crippen LogP contribution >= 0.6 is 0 Å². The summed E-state index contributed by atoms with van der Waals surface area (Å²) in [6.07, 6.45) is -0.675. The standard InChI is InChI=1S/C19H33F3O6SSi/c1-16(2,3)30(6,7)28-13-9-8-10-18(13)11-12(27-29(23,24)19(20,21)22)14-15(18)26-17(4,5)25-14/h12-15H,8-11H2,1-7H3/t12-,13+,14-,15-,18+/m0/s1. The van der Waals surface area contributed by atoms with E-state index in [1.54, 1.807) is 13.8 Å². The van der Waals surface area contributed by atoms with E-state index in [0.29, 0.717) is 6.42 Å². The van der Waals surface area contributed by atoms with Crippen LogP contribution in [-0.2, 0) is 28.2 Å². The Hall–Kier alpha value is -0.203. The summed E-state index contributed by atoms with van der Waals surface area (Å²) in [5, 5.41) is -0.0450. The van der Waals surface area contributed by atoms with Gasteiger partial charge in [-0.2, -0.15) is 21.6 Å². The van der Waals surface area contributed by atoms with Crippen molar-refractivity contribution in [2.24, 2.45) is 5.41 Å². The summed E-state index contributed by atoms with van der Waals surface area (Å²) in [7, 11) is -7.92. The second kappa shape index (κ2) is 7.15. The predicted octanol–water partition coefficient (Wildman–Crippen LogP) is 4.71. The van der Waals surface area contributed by atoms with Gasteiger partial charge in [-0.3, -0.25) is 4.18 Å². The fourth-order valence-corrected chi connectivity index (χ4v) is 6.78. The molecule has 0 radical (unpaired) electrons. The molecule has 0 bridgehead atoms. The highest BCUT2D eigenvalue weighted by molar-refractivity contribution is 7.87. The molecule has 0 amide bonds. The summed E-state index contributed by atoms with van der Waals surface area (Å²) >= 11 is 0. The van der Waals surface area contributed by atoms with Gasteiger partial charge in [0.15, 0.2) is 14.1 Å². The number of alkyl halides is 3. The van der Waals surface area contributed by atoms with Crippen LogP contribution in [0.5, 0.6) is 0 Å². The van der Waals surface area contributed by atoms with Gasteiger partial charge in [0.05, 0.1) is 12.2 Å². The largest absolute Gasteiger partial charge is 0.523 e. The average Bonchev–Trinajstić information content (AvgIpc) is 3.12. The maximum absolute atomic E-state index is 13.0. The van der Waals surface area contributed by atoms with Crippen molar-refractivity contribution in [3.8, 4) is 0 Å². The van der Waals surface area contributed by atoms with Crippen molar-refractivity contribution in [1.29, 1.82) is 0 Å². The Morgan fingerprint density at radius 2 is 1.70 bits per heavy atom. The highest BCUT2D eigenvalue weighted by atomic mass is 32.2. The first-order chi connectivity index (χ1) is 13.3. The molecule has 2 aliphatic carbocycles. The summed E-state index contributed by atoms with van der Waals surface area (Å²) < 4.78 is 85.8. The third kappa shape index (κ3) is 4.10. The third-order valence-corrected chi connectivity index (χ3v) is 12.7. The minimum atomic E-state index is -5.75. The molecule has 1 spiro atoms. The van der Waals surface area contributed by atoms with Crippen LogP contribution in [0, 0.1) is 5.41 Å². The van der Waals surface area contributed by atoms with Crippen LogP contribution < -0.4 is 0 Å². The van der Waals surface area contributed by atoms with E-state index in [0.717, 1.165) is 12.8 Å². The Balaban J connectivity index is 1.94. The molecule has 11 heteroatoms. The molecular formula is C19H33F3O6SSi. The molecule has 30 heavy (non-hydrogen) atoms. The molecule has 176 valence electrons. The lowest BCUT2D eigenvalue weighted by Crippen LogP contribution is -2.50. The van der Waals surface area contributed by atoms with Crippen molar-refractivity contribution in [2.75, 3.05) is 0 Å². The lowest BCUT2D eigenvalue weighted by atomic mass is 9.80. The van der Waals surface area contributed by atoms with E-state index < -0.39 is 53.5 Å². The zero-order valence-corrected chi connectivity index (χ0v) is 20.4. The first-order valence-corrected chi connectivity index (χ1v) is 14.7. The van der Waals surface area contributed by atoms with Crippen LogP contribution in [0.1, 0.15) is 60.3 Å². The average molecular weight is 475 g/mol. The van der Waals surface area contributed by atoms with Crippen LogP contribution in [0.25, 0.3) is 0 Å². The van der Waals surface area contributed by atoms with Crippen LogP contribution in [0.15, 0.2) is 0 Å². The summed E-state index contributed by atoms with van der Waals surface area (Å²) in [6, 6.07) is 0. The Morgan fingerprint density at radius 1 is 1.10 bits per heavy atom. The third-order valence-electron chi connectivity index (χ3n) is 7.17. The van der Waals surface area contributed by atoms with Crippen LogP contribution in [0.3, 0.4) is 0 Å². The van der Waals surface area contributed by atoms with Gasteiger partial charge >= 0.3 is 15.6 Å². The lowest BCUT2D eigenvalue weighted by molar-refractivity contribution is -0.180. The van der Waals surface area contributed by atoms with Crippen molar-refractivity contribution in [3.63, 3.8) is 0 Å². The predicted molar refractivity (Wildman–Crippen MR) is 107 cm³/mol. The lowest BCUT2D eigenvalue weighted by Gasteiger charge is -2.44. The number of rotatable bonds is 4. The molecular weight excluding hydrogens is 441 g/mol. The smallest absolute Gasteiger partial charge is 0.413 e. The number of ether oxygens (including phenoxy) is 2. The molecule has 3 fully saturated rings. The molecule has 6 nitrogen and oxygen atoms in total. The molecule has 1 heterocycles. The van der Waals surface area contributed by atoms with Gasteiger partial charge in [0.1, 0.15) is 12.2 Å². The van der Waals surface area contributed by atoms with Gasteiger partial charge in [-0.15, -0.1) is 0 Å². The second-order valence-electron chi connectivity index (χ2n) is 10.8. The van der Waals surface area contributed by atoms with Gasteiger partial charge in [0.2, 0.25) is 0 Å². The fraction of sp³-hybridized carbons (Fsp3) is 1.00. The molecule has 0 unspecified atom stereocenters. The molecule has 2 saturated carbocycles. The van der Waals surface area contributed by atoms with Crippen molar-refractivity contribution >= 4 is 18.4 Å². The number of fused-ring (bicyclic) bond motifs is 2. The Morgan fingerprint density at radius 3 is 2.23 bits per heavy atom. The maximum Gasteiger partial charge on any atom is 0.523 e. The van der Waals surface area contributed by atoms with Gasteiger partial charge < -0.3 is 13.9 Å². The molecule has 0 N–H and O–H groups in total. The normalized spacial score (nSPS) is 37.1. The molecule has 3 aliphatic rings. The molecule has 3 rings (SSSR count). The molecule has 1 aliphatic heterocycles. The molecule has 0 aromatic rings. The molecule has 1 saturated heterocycles. The minimum Gasteiger partial charge on any atom is -0.413 e. The quantitative estimate of drug-likeness (QED) is 0.334. The monoisotopic (exact) mass is 474 g/mol. The highest BCUT2D eigenvalue weighted by Crippen LogP contribution is 2.59. The van der Waals surface area contributed by atoms with Gasteiger partial charge in [0.25, 0.3) is 0 Å². The van der Waals surface area contributed by atoms with Gasteiger partial charge in [0, 0.05) is 5.41 Å². The van der Waals surface area contributed by atoms with Crippen LogP contribution in [-0.4, -0.2) is 52.4 Å². The number of hydrogen-bond donors (Lipinski definition) is 0. The Labute approximate surface area is 178 Å². The number of hydrogen-bond acceptors (Lipinski definition) is 6. The van der Waals surface area contributed by atoms with E-state index in [9.17, 15) is 21.6 Å².